The second-order valence-electron chi connectivity index (χ2n) is 6.11. The molecule has 0 bridgehead atoms. The molecule has 3 rings (SSSR count). The number of carbonyl (C=O) groups excluding carboxylic acids is 2. The van der Waals surface area contributed by atoms with Gasteiger partial charge in [-0.15, -0.1) is 0 Å². The number of rotatable bonds is 5. The number of nitrogens with zero attached hydrogens (tertiary/aromatic N) is 3. The molecule has 0 spiro atoms. The third-order valence-electron chi connectivity index (χ3n) is 4.11. The van der Waals surface area contributed by atoms with Crippen LogP contribution in [-0.4, -0.2) is 53.7 Å². The van der Waals surface area contributed by atoms with Gasteiger partial charge in [-0.1, -0.05) is 0 Å². The van der Waals surface area contributed by atoms with Crippen LogP contribution in [0.1, 0.15) is 27.1 Å². The Hall–Kier alpha value is -2.80. The molecule has 1 heterocycles. The van der Waals surface area contributed by atoms with Crippen LogP contribution in [0.3, 0.4) is 0 Å². The lowest BCUT2D eigenvalue weighted by molar-refractivity contribution is -0.384. The van der Waals surface area contributed by atoms with Crippen LogP contribution in [0.15, 0.2) is 30.3 Å². The number of fused-ring (bicyclic) bond motifs is 2. The Kier molecular flexibility index (Phi) is 4.02. The molecule has 0 aliphatic carbocycles. The second-order valence-corrected chi connectivity index (χ2v) is 6.11. The van der Waals surface area contributed by atoms with E-state index in [0.29, 0.717) is 34.9 Å². The van der Waals surface area contributed by atoms with Gasteiger partial charge in [-0.25, -0.2) is 0 Å². The molecule has 124 valence electrons. The molecule has 0 saturated carbocycles. The van der Waals surface area contributed by atoms with E-state index in [1.54, 1.807) is 18.2 Å². The van der Waals surface area contributed by atoms with Gasteiger partial charge in [-0.2, -0.15) is 0 Å². The number of amides is 2. The molecule has 1 aliphatic heterocycles. The largest absolute Gasteiger partial charge is 0.309 e. The third kappa shape index (κ3) is 2.74. The number of imide groups is 1. The van der Waals surface area contributed by atoms with Crippen molar-refractivity contribution < 1.29 is 14.5 Å². The van der Waals surface area contributed by atoms with E-state index in [-0.39, 0.29) is 17.5 Å². The Morgan fingerprint density at radius 3 is 2.25 bits per heavy atom. The SMILES string of the molecule is CN(C)CCCN1C(=O)c2cc3ccc([N+](=O)[O-])cc3cc2C1=O. The van der Waals surface area contributed by atoms with E-state index < -0.39 is 4.92 Å². The minimum atomic E-state index is -0.479. The van der Waals surface area contributed by atoms with Crippen LogP contribution in [0.5, 0.6) is 0 Å². The Morgan fingerprint density at radius 1 is 1.04 bits per heavy atom. The van der Waals surface area contributed by atoms with Gasteiger partial charge in [0.2, 0.25) is 0 Å². The van der Waals surface area contributed by atoms with Gasteiger partial charge in [0.05, 0.1) is 16.1 Å². The van der Waals surface area contributed by atoms with Gasteiger partial charge in [0.25, 0.3) is 17.5 Å². The van der Waals surface area contributed by atoms with Crippen molar-refractivity contribution >= 4 is 28.3 Å². The fourth-order valence-corrected chi connectivity index (χ4v) is 2.88. The van der Waals surface area contributed by atoms with Gasteiger partial charge in [-0.3, -0.25) is 24.6 Å². The zero-order valence-corrected chi connectivity index (χ0v) is 13.5. The standard InChI is InChI=1S/C17H17N3O4/c1-18(2)6-3-7-19-16(21)14-9-11-4-5-13(20(23)24)8-12(11)10-15(14)17(19)22/h4-5,8-10H,3,6-7H2,1-2H3. The summed E-state index contributed by atoms with van der Waals surface area (Å²) >= 11 is 0. The maximum absolute atomic E-state index is 12.5. The van der Waals surface area contributed by atoms with Gasteiger partial charge < -0.3 is 4.90 Å². The van der Waals surface area contributed by atoms with Gasteiger partial charge in [0, 0.05) is 18.7 Å². The Balaban J connectivity index is 1.95. The number of nitro benzene ring substituents is 1. The van der Waals surface area contributed by atoms with Gasteiger partial charge in [0.1, 0.15) is 0 Å². The van der Waals surface area contributed by atoms with Crippen molar-refractivity contribution in [3.05, 3.63) is 51.6 Å². The van der Waals surface area contributed by atoms with E-state index in [2.05, 4.69) is 0 Å². The monoisotopic (exact) mass is 327 g/mol. The molecule has 7 nitrogen and oxygen atoms in total. The fraction of sp³-hybridized carbons (Fsp3) is 0.294. The molecular formula is C17H17N3O4. The summed E-state index contributed by atoms with van der Waals surface area (Å²) in [7, 11) is 3.87. The topological polar surface area (TPSA) is 83.8 Å². The molecule has 0 N–H and O–H groups in total. The minimum Gasteiger partial charge on any atom is -0.309 e. The lowest BCUT2D eigenvalue weighted by atomic mass is 10.0. The highest BCUT2D eigenvalue weighted by Gasteiger charge is 2.35. The zero-order chi connectivity index (χ0) is 17.4. The first-order valence-electron chi connectivity index (χ1n) is 7.61. The summed E-state index contributed by atoms with van der Waals surface area (Å²) in [6, 6.07) is 7.62. The molecule has 0 saturated heterocycles. The summed E-state index contributed by atoms with van der Waals surface area (Å²) in [5, 5.41) is 12.2. The summed E-state index contributed by atoms with van der Waals surface area (Å²) in [5.74, 6) is -0.629. The predicted octanol–water partition coefficient (Wildman–Crippen LogP) is 2.30. The van der Waals surface area contributed by atoms with E-state index in [9.17, 15) is 19.7 Å². The number of nitro groups is 1. The zero-order valence-electron chi connectivity index (χ0n) is 13.5. The first-order chi connectivity index (χ1) is 11.4. The summed E-state index contributed by atoms with van der Waals surface area (Å²) in [5.41, 5.74) is 0.645. The molecule has 24 heavy (non-hydrogen) atoms. The average molecular weight is 327 g/mol. The number of hydrogen-bond donors (Lipinski definition) is 0. The first kappa shape index (κ1) is 16.1. The van der Waals surface area contributed by atoms with Crippen molar-refractivity contribution in [2.45, 2.75) is 6.42 Å². The molecule has 0 fully saturated rings. The first-order valence-corrected chi connectivity index (χ1v) is 7.61. The van der Waals surface area contributed by atoms with E-state index in [1.807, 2.05) is 19.0 Å². The van der Waals surface area contributed by atoms with Crippen molar-refractivity contribution in [2.75, 3.05) is 27.2 Å². The highest BCUT2D eigenvalue weighted by Crippen LogP contribution is 2.30. The lowest BCUT2D eigenvalue weighted by Crippen LogP contribution is -2.32. The quantitative estimate of drug-likeness (QED) is 0.478. The molecule has 0 atom stereocenters. The van der Waals surface area contributed by atoms with E-state index in [1.165, 1.54) is 17.0 Å². The molecule has 0 aromatic heterocycles. The van der Waals surface area contributed by atoms with Crippen LogP contribution in [-0.2, 0) is 0 Å². The van der Waals surface area contributed by atoms with Crippen LogP contribution in [0.25, 0.3) is 10.8 Å². The summed E-state index contributed by atoms with van der Waals surface area (Å²) < 4.78 is 0. The Morgan fingerprint density at radius 2 is 1.67 bits per heavy atom. The van der Waals surface area contributed by atoms with Crippen molar-refractivity contribution in [1.82, 2.24) is 9.80 Å². The molecule has 2 amide bonds. The predicted molar refractivity (Wildman–Crippen MR) is 89.1 cm³/mol. The highest BCUT2D eigenvalue weighted by molar-refractivity contribution is 6.23. The Labute approximate surface area is 138 Å². The molecule has 2 aromatic carbocycles. The molecule has 2 aromatic rings. The lowest BCUT2D eigenvalue weighted by Gasteiger charge is -2.15. The van der Waals surface area contributed by atoms with Crippen molar-refractivity contribution in [3.8, 4) is 0 Å². The highest BCUT2D eigenvalue weighted by atomic mass is 16.6. The summed E-state index contributed by atoms with van der Waals surface area (Å²) in [4.78, 5) is 38.6. The summed E-state index contributed by atoms with van der Waals surface area (Å²) in [6.45, 7) is 1.14. The molecule has 1 aliphatic rings. The third-order valence-corrected chi connectivity index (χ3v) is 4.11. The van der Waals surface area contributed by atoms with Gasteiger partial charge in [-0.05, 0) is 56.0 Å². The minimum absolute atomic E-state index is 0.0398. The van der Waals surface area contributed by atoms with Crippen LogP contribution in [0, 0.1) is 10.1 Å². The maximum Gasteiger partial charge on any atom is 0.270 e. The van der Waals surface area contributed by atoms with E-state index in [0.717, 1.165) is 6.54 Å². The molecular weight excluding hydrogens is 310 g/mol. The van der Waals surface area contributed by atoms with Crippen molar-refractivity contribution in [2.24, 2.45) is 0 Å². The van der Waals surface area contributed by atoms with Crippen LogP contribution < -0.4 is 0 Å². The van der Waals surface area contributed by atoms with Crippen molar-refractivity contribution in [1.29, 1.82) is 0 Å². The fourth-order valence-electron chi connectivity index (χ4n) is 2.88. The van der Waals surface area contributed by atoms with Gasteiger partial charge in [0.15, 0.2) is 0 Å². The van der Waals surface area contributed by atoms with E-state index in [4.69, 9.17) is 0 Å². The number of carbonyl (C=O) groups is 2. The van der Waals surface area contributed by atoms with E-state index >= 15 is 0 Å². The second kappa shape index (κ2) is 6.01. The number of hydrogen-bond acceptors (Lipinski definition) is 5. The van der Waals surface area contributed by atoms with Crippen LogP contribution >= 0.6 is 0 Å². The van der Waals surface area contributed by atoms with Crippen LogP contribution in [0.2, 0.25) is 0 Å². The molecule has 0 unspecified atom stereocenters. The maximum atomic E-state index is 12.5. The smallest absolute Gasteiger partial charge is 0.270 e. The Bertz CT molecular complexity index is 860. The van der Waals surface area contributed by atoms with Crippen molar-refractivity contribution in [3.63, 3.8) is 0 Å². The number of non-ortho nitro benzene ring substituents is 1. The molecule has 7 heteroatoms. The number of benzene rings is 2. The summed E-state index contributed by atoms with van der Waals surface area (Å²) in [6.07, 6.45) is 0.698. The van der Waals surface area contributed by atoms with Gasteiger partial charge >= 0.3 is 0 Å². The average Bonchev–Trinajstić information content (AvgIpc) is 2.76. The molecule has 0 radical (unpaired) electrons. The van der Waals surface area contributed by atoms with Crippen LogP contribution in [0.4, 0.5) is 5.69 Å². The normalized spacial score (nSPS) is 13.9.